The van der Waals surface area contributed by atoms with Crippen molar-refractivity contribution in [3.05, 3.63) is 36.4 Å². The van der Waals surface area contributed by atoms with Gasteiger partial charge in [0.1, 0.15) is 11.6 Å². The van der Waals surface area contributed by atoms with Gasteiger partial charge in [-0.15, -0.1) is 0 Å². The highest BCUT2D eigenvalue weighted by molar-refractivity contribution is 5.61. The fourth-order valence-electron chi connectivity index (χ4n) is 3.04. The van der Waals surface area contributed by atoms with Crippen molar-refractivity contribution in [1.29, 1.82) is 0 Å². The van der Waals surface area contributed by atoms with E-state index in [0.29, 0.717) is 17.7 Å². The molecule has 1 unspecified atom stereocenters. The summed E-state index contributed by atoms with van der Waals surface area (Å²) >= 11 is 0. The third-order valence-electron chi connectivity index (χ3n) is 4.16. The molecule has 0 spiro atoms. The van der Waals surface area contributed by atoms with Crippen LogP contribution in [0.15, 0.2) is 36.4 Å². The van der Waals surface area contributed by atoms with Crippen LogP contribution < -0.4 is 10.6 Å². The van der Waals surface area contributed by atoms with Gasteiger partial charge in [0.2, 0.25) is 0 Å². The van der Waals surface area contributed by atoms with Crippen LogP contribution in [0.4, 0.5) is 11.6 Å². The molecule has 2 N–H and O–H groups in total. The summed E-state index contributed by atoms with van der Waals surface area (Å²) in [6.07, 6.45) is 4.91. The molecule has 1 aromatic carbocycles. The van der Waals surface area contributed by atoms with Crippen molar-refractivity contribution >= 4 is 11.6 Å². The Balaban J connectivity index is 1.97. The number of piperidine rings is 1. The number of rotatable bonds is 3. The van der Waals surface area contributed by atoms with Crippen LogP contribution in [-0.4, -0.2) is 22.6 Å². The van der Waals surface area contributed by atoms with Crippen LogP contribution in [-0.2, 0) is 0 Å². The first-order valence-corrected chi connectivity index (χ1v) is 7.74. The molecule has 4 heteroatoms. The molecular formula is C17H22N4. The van der Waals surface area contributed by atoms with E-state index in [1.807, 2.05) is 36.4 Å². The van der Waals surface area contributed by atoms with E-state index in [0.717, 1.165) is 24.3 Å². The highest BCUT2D eigenvalue weighted by Gasteiger charge is 2.23. The van der Waals surface area contributed by atoms with Gasteiger partial charge in [0.15, 0.2) is 5.82 Å². The molecule has 1 atom stereocenters. The molecule has 1 aliphatic rings. The highest BCUT2D eigenvalue weighted by atomic mass is 15.2. The van der Waals surface area contributed by atoms with Crippen molar-refractivity contribution in [2.75, 3.05) is 17.2 Å². The highest BCUT2D eigenvalue weighted by Crippen LogP contribution is 2.27. The lowest BCUT2D eigenvalue weighted by Gasteiger charge is -2.36. The number of hydrogen-bond acceptors (Lipinski definition) is 4. The predicted molar refractivity (Wildman–Crippen MR) is 87.2 cm³/mol. The lowest BCUT2D eigenvalue weighted by Crippen LogP contribution is -2.39. The zero-order valence-electron chi connectivity index (χ0n) is 12.5. The minimum absolute atomic E-state index is 0.541. The number of nitrogen functional groups attached to an aromatic ring is 1. The minimum Gasteiger partial charge on any atom is -0.384 e. The molecule has 110 valence electrons. The molecule has 2 aromatic rings. The molecule has 0 radical (unpaired) electrons. The van der Waals surface area contributed by atoms with Gasteiger partial charge in [-0.3, -0.25) is 0 Å². The third kappa shape index (κ3) is 2.99. The van der Waals surface area contributed by atoms with Gasteiger partial charge in [-0.05, 0) is 25.7 Å². The first-order valence-electron chi connectivity index (χ1n) is 7.74. The van der Waals surface area contributed by atoms with Crippen LogP contribution in [0.5, 0.6) is 0 Å². The van der Waals surface area contributed by atoms with Gasteiger partial charge in [-0.2, -0.15) is 0 Å². The van der Waals surface area contributed by atoms with E-state index in [1.54, 1.807) is 0 Å². The summed E-state index contributed by atoms with van der Waals surface area (Å²) < 4.78 is 0. The standard InChI is InChI=1S/C17H22N4/c1-2-14-10-6-7-11-21(14)16-12-15(18)19-17(20-16)13-8-4-3-5-9-13/h3-5,8-9,12,14H,2,6-7,10-11H2,1H3,(H2,18,19,20). The van der Waals surface area contributed by atoms with E-state index in [1.165, 1.54) is 19.3 Å². The molecule has 0 bridgehead atoms. The second-order valence-electron chi connectivity index (χ2n) is 5.59. The van der Waals surface area contributed by atoms with Gasteiger partial charge in [0.05, 0.1) is 0 Å². The maximum Gasteiger partial charge on any atom is 0.163 e. The molecule has 0 amide bonds. The number of hydrogen-bond donors (Lipinski definition) is 1. The summed E-state index contributed by atoms with van der Waals surface area (Å²) in [5.41, 5.74) is 7.02. The van der Waals surface area contributed by atoms with Crippen LogP contribution in [0.2, 0.25) is 0 Å². The minimum atomic E-state index is 0.541. The van der Waals surface area contributed by atoms with E-state index in [2.05, 4.69) is 16.8 Å². The van der Waals surface area contributed by atoms with Gasteiger partial charge in [-0.25, -0.2) is 9.97 Å². The molecular weight excluding hydrogens is 260 g/mol. The SMILES string of the molecule is CCC1CCCCN1c1cc(N)nc(-c2ccccc2)n1. The second-order valence-corrected chi connectivity index (χ2v) is 5.59. The van der Waals surface area contributed by atoms with Gasteiger partial charge in [0, 0.05) is 24.2 Å². The summed E-state index contributed by atoms with van der Waals surface area (Å²) in [5.74, 6) is 2.22. The van der Waals surface area contributed by atoms with E-state index in [4.69, 9.17) is 10.7 Å². The molecule has 0 aliphatic carbocycles. The largest absolute Gasteiger partial charge is 0.384 e. The normalized spacial score (nSPS) is 18.7. The van der Waals surface area contributed by atoms with Crippen molar-refractivity contribution in [1.82, 2.24) is 9.97 Å². The molecule has 0 saturated carbocycles. The van der Waals surface area contributed by atoms with Gasteiger partial charge in [0.25, 0.3) is 0 Å². The van der Waals surface area contributed by atoms with E-state index in [-0.39, 0.29) is 0 Å². The lowest BCUT2D eigenvalue weighted by atomic mass is 10.00. The maximum atomic E-state index is 6.01. The van der Waals surface area contributed by atoms with E-state index in [9.17, 15) is 0 Å². The Morgan fingerprint density at radius 3 is 2.76 bits per heavy atom. The topological polar surface area (TPSA) is 55.0 Å². The van der Waals surface area contributed by atoms with Crippen LogP contribution in [0.25, 0.3) is 11.4 Å². The van der Waals surface area contributed by atoms with E-state index < -0.39 is 0 Å². The summed E-state index contributed by atoms with van der Waals surface area (Å²) in [7, 11) is 0. The first-order chi connectivity index (χ1) is 10.3. The van der Waals surface area contributed by atoms with Crippen LogP contribution in [0.3, 0.4) is 0 Å². The predicted octanol–water partition coefficient (Wildman–Crippen LogP) is 3.49. The van der Waals surface area contributed by atoms with Gasteiger partial charge >= 0.3 is 0 Å². The Morgan fingerprint density at radius 2 is 2.00 bits per heavy atom. The van der Waals surface area contributed by atoms with Gasteiger partial charge in [-0.1, -0.05) is 37.3 Å². The molecule has 2 heterocycles. The fraction of sp³-hybridized carbons (Fsp3) is 0.412. The number of anilines is 2. The quantitative estimate of drug-likeness (QED) is 0.936. The summed E-state index contributed by atoms with van der Waals surface area (Å²) in [4.78, 5) is 11.5. The number of nitrogens with zero attached hydrogens (tertiary/aromatic N) is 3. The summed E-state index contributed by atoms with van der Waals surface area (Å²) in [6, 6.07) is 12.5. The van der Waals surface area contributed by atoms with Gasteiger partial charge < -0.3 is 10.6 Å². The number of nitrogens with two attached hydrogens (primary N) is 1. The molecule has 1 fully saturated rings. The summed E-state index contributed by atoms with van der Waals surface area (Å²) in [5, 5.41) is 0. The molecule has 1 aromatic heterocycles. The molecule has 4 nitrogen and oxygen atoms in total. The van der Waals surface area contributed by atoms with E-state index >= 15 is 0 Å². The summed E-state index contributed by atoms with van der Waals surface area (Å²) in [6.45, 7) is 3.30. The van der Waals surface area contributed by atoms with Crippen molar-refractivity contribution in [3.8, 4) is 11.4 Å². The van der Waals surface area contributed by atoms with Crippen molar-refractivity contribution in [2.24, 2.45) is 0 Å². The fourth-order valence-corrected chi connectivity index (χ4v) is 3.04. The Kier molecular flexibility index (Phi) is 4.04. The zero-order chi connectivity index (χ0) is 14.7. The smallest absolute Gasteiger partial charge is 0.163 e. The number of aromatic nitrogens is 2. The Morgan fingerprint density at radius 1 is 1.19 bits per heavy atom. The molecule has 1 aliphatic heterocycles. The van der Waals surface area contributed by atoms with Crippen molar-refractivity contribution in [2.45, 2.75) is 38.6 Å². The molecule has 1 saturated heterocycles. The monoisotopic (exact) mass is 282 g/mol. The van der Waals surface area contributed by atoms with Crippen LogP contribution in [0.1, 0.15) is 32.6 Å². The number of benzene rings is 1. The Labute approximate surface area is 126 Å². The first kappa shape index (κ1) is 13.9. The maximum absolute atomic E-state index is 6.01. The molecule has 21 heavy (non-hydrogen) atoms. The van der Waals surface area contributed by atoms with Crippen LogP contribution >= 0.6 is 0 Å². The van der Waals surface area contributed by atoms with Crippen LogP contribution in [0, 0.1) is 0 Å². The van der Waals surface area contributed by atoms with Crippen molar-refractivity contribution in [3.63, 3.8) is 0 Å². The Hall–Kier alpha value is -2.10. The average Bonchev–Trinajstić information content (AvgIpc) is 2.55. The third-order valence-corrected chi connectivity index (χ3v) is 4.16. The lowest BCUT2D eigenvalue weighted by molar-refractivity contribution is 0.447. The second kappa shape index (κ2) is 6.12. The molecule has 3 rings (SSSR count). The average molecular weight is 282 g/mol. The van der Waals surface area contributed by atoms with Crippen molar-refractivity contribution < 1.29 is 0 Å². The zero-order valence-corrected chi connectivity index (χ0v) is 12.5. The Bertz CT molecular complexity index is 597.